The molecule has 1 aliphatic heterocycles. The van der Waals surface area contributed by atoms with Crippen LogP contribution in [-0.4, -0.2) is 31.1 Å². The molecule has 1 aromatic carbocycles. The van der Waals surface area contributed by atoms with Gasteiger partial charge in [0.2, 0.25) is 0 Å². The van der Waals surface area contributed by atoms with Gasteiger partial charge in [-0.3, -0.25) is 4.90 Å². The van der Waals surface area contributed by atoms with Crippen molar-refractivity contribution in [2.45, 2.75) is 25.8 Å². The summed E-state index contributed by atoms with van der Waals surface area (Å²) in [6.45, 7) is 6.21. The lowest BCUT2D eigenvalue weighted by Gasteiger charge is -2.35. The van der Waals surface area contributed by atoms with Gasteiger partial charge in [0.1, 0.15) is 5.82 Å². The second-order valence-corrected chi connectivity index (χ2v) is 4.61. The Morgan fingerprint density at radius 2 is 2.00 bits per heavy atom. The molecule has 0 saturated carbocycles. The first-order chi connectivity index (χ1) is 8.33. The fourth-order valence-corrected chi connectivity index (χ4v) is 2.55. The molecule has 1 fully saturated rings. The fraction of sp³-hybridized carbons (Fsp3) is 0.571. The smallest absolute Gasteiger partial charge is 0.127 e. The van der Waals surface area contributed by atoms with Gasteiger partial charge in [0, 0.05) is 37.8 Å². The van der Waals surface area contributed by atoms with Crippen LogP contribution in [0.5, 0.6) is 0 Å². The predicted molar refractivity (Wildman–Crippen MR) is 68.5 cm³/mol. The van der Waals surface area contributed by atoms with Gasteiger partial charge in [-0.1, -0.05) is 31.5 Å². The summed E-state index contributed by atoms with van der Waals surface area (Å²) in [6, 6.07) is 7.43. The van der Waals surface area contributed by atoms with Gasteiger partial charge in [0.05, 0.1) is 0 Å². The molecule has 0 unspecified atom stereocenters. The molecule has 0 radical (unpaired) electrons. The first-order valence-electron chi connectivity index (χ1n) is 6.52. The van der Waals surface area contributed by atoms with Gasteiger partial charge < -0.3 is 5.32 Å². The average molecular weight is 236 g/mol. The predicted octanol–water partition coefficient (Wildman–Crippen LogP) is 2.57. The number of piperazine rings is 1. The lowest BCUT2D eigenvalue weighted by molar-refractivity contribution is 0.161. The van der Waals surface area contributed by atoms with Gasteiger partial charge >= 0.3 is 0 Å². The molecule has 1 atom stereocenters. The van der Waals surface area contributed by atoms with E-state index in [-0.39, 0.29) is 11.9 Å². The fourth-order valence-electron chi connectivity index (χ4n) is 2.55. The summed E-state index contributed by atoms with van der Waals surface area (Å²) in [5, 5.41) is 3.34. The van der Waals surface area contributed by atoms with Crippen molar-refractivity contribution in [3.05, 3.63) is 35.6 Å². The van der Waals surface area contributed by atoms with Gasteiger partial charge in [0.15, 0.2) is 0 Å². The van der Waals surface area contributed by atoms with Crippen LogP contribution in [0.1, 0.15) is 31.4 Å². The van der Waals surface area contributed by atoms with E-state index in [1.165, 1.54) is 0 Å². The number of benzene rings is 1. The molecule has 1 aliphatic rings. The number of nitrogens with one attached hydrogen (secondary N) is 1. The molecule has 1 saturated heterocycles. The number of rotatable bonds is 4. The second kappa shape index (κ2) is 6.12. The molecule has 0 bridgehead atoms. The molecule has 17 heavy (non-hydrogen) atoms. The van der Waals surface area contributed by atoms with Crippen LogP contribution in [0.25, 0.3) is 0 Å². The van der Waals surface area contributed by atoms with E-state index in [2.05, 4.69) is 17.1 Å². The minimum atomic E-state index is -0.0653. The highest BCUT2D eigenvalue weighted by molar-refractivity contribution is 5.21. The minimum Gasteiger partial charge on any atom is -0.314 e. The van der Waals surface area contributed by atoms with Crippen molar-refractivity contribution in [3.63, 3.8) is 0 Å². The maximum Gasteiger partial charge on any atom is 0.127 e. The third kappa shape index (κ3) is 3.05. The van der Waals surface area contributed by atoms with Crippen LogP contribution >= 0.6 is 0 Å². The van der Waals surface area contributed by atoms with E-state index < -0.39 is 0 Å². The Balaban J connectivity index is 2.18. The molecule has 2 rings (SSSR count). The molecule has 0 amide bonds. The average Bonchev–Trinajstić information content (AvgIpc) is 2.38. The Kier molecular flexibility index (Phi) is 4.51. The normalized spacial score (nSPS) is 19.2. The first-order valence-corrected chi connectivity index (χ1v) is 6.52. The van der Waals surface area contributed by atoms with Crippen molar-refractivity contribution in [2.75, 3.05) is 26.2 Å². The Hall–Kier alpha value is -0.930. The summed E-state index contributed by atoms with van der Waals surface area (Å²) in [4.78, 5) is 2.40. The maximum atomic E-state index is 13.9. The molecular weight excluding hydrogens is 215 g/mol. The van der Waals surface area contributed by atoms with Crippen LogP contribution in [0.3, 0.4) is 0 Å². The molecule has 3 heteroatoms. The van der Waals surface area contributed by atoms with Crippen molar-refractivity contribution >= 4 is 0 Å². The Labute approximate surface area is 103 Å². The van der Waals surface area contributed by atoms with Gasteiger partial charge in [-0.05, 0) is 12.5 Å². The van der Waals surface area contributed by atoms with E-state index in [1.807, 2.05) is 12.1 Å². The van der Waals surface area contributed by atoms with E-state index in [1.54, 1.807) is 12.1 Å². The van der Waals surface area contributed by atoms with Gasteiger partial charge in [-0.2, -0.15) is 0 Å². The first kappa shape index (κ1) is 12.5. The summed E-state index contributed by atoms with van der Waals surface area (Å²) in [5.41, 5.74) is 0.858. The van der Waals surface area contributed by atoms with E-state index in [0.717, 1.165) is 44.6 Å². The highest BCUT2D eigenvalue weighted by atomic mass is 19.1. The molecule has 94 valence electrons. The lowest BCUT2D eigenvalue weighted by atomic mass is 9.99. The molecule has 0 aromatic heterocycles. The van der Waals surface area contributed by atoms with Crippen LogP contribution in [0.2, 0.25) is 0 Å². The largest absolute Gasteiger partial charge is 0.314 e. The SMILES string of the molecule is CCC[C@@H](c1ccccc1F)N1CCNCC1. The van der Waals surface area contributed by atoms with Crippen molar-refractivity contribution < 1.29 is 4.39 Å². The Bertz CT molecular complexity index is 348. The zero-order valence-electron chi connectivity index (χ0n) is 10.5. The van der Waals surface area contributed by atoms with Crippen molar-refractivity contribution in [2.24, 2.45) is 0 Å². The number of hydrogen-bond acceptors (Lipinski definition) is 2. The number of nitrogens with zero attached hydrogens (tertiary/aromatic N) is 1. The third-order valence-corrected chi connectivity index (χ3v) is 3.42. The van der Waals surface area contributed by atoms with Crippen LogP contribution in [0, 0.1) is 5.82 Å². The lowest BCUT2D eigenvalue weighted by Crippen LogP contribution is -2.45. The van der Waals surface area contributed by atoms with E-state index in [4.69, 9.17) is 0 Å². The summed E-state index contributed by atoms with van der Waals surface area (Å²) in [7, 11) is 0. The molecule has 1 N–H and O–H groups in total. The third-order valence-electron chi connectivity index (χ3n) is 3.42. The molecule has 2 nitrogen and oxygen atoms in total. The summed E-state index contributed by atoms with van der Waals surface area (Å²) in [6.07, 6.45) is 2.11. The van der Waals surface area contributed by atoms with Crippen LogP contribution in [0.15, 0.2) is 24.3 Å². The molecular formula is C14H21FN2. The molecule has 0 aliphatic carbocycles. The quantitative estimate of drug-likeness (QED) is 0.864. The zero-order valence-corrected chi connectivity index (χ0v) is 10.5. The van der Waals surface area contributed by atoms with Crippen LogP contribution in [0.4, 0.5) is 4.39 Å². The topological polar surface area (TPSA) is 15.3 Å². The van der Waals surface area contributed by atoms with Crippen LogP contribution < -0.4 is 5.32 Å². The Morgan fingerprint density at radius 3 is 2.65 bits per heavy atom. The van der Waals surface area contributed by atoms with Crippen molar-refractivity contribution in [1.82, 2.24) is 10.2 Å². The van der Waals surface area contributed by atoms with E-state index in [0.29, 0.717) is 0 Å². The van der Waals surface area contributed by atoms with Gasteiger partial charge in [-0.15, -0.1) is 0 Å². The second-order valence-electron chi connectivity index (χ2n) is 4.61. The van der Waals surface area contributed by atoms with Gasteiger partial charge in [0.25, 0.3) is 0 Å². The Morgan fingerprint density at radius 1 is 1.29 bits per heavy atom. The van der Waals surface area contributed by atoms with E-state index >= 15 is 0 Å². The molecule has 0 spiro atoms. The molecule has 1 heterocycles. The number of hydrogen-bond donors (Lipinski definition) is 1. The highest BCUT2D eigenvalue weighted by Gasteiger charge is 2.23. The number of halogens is 1. The van der Waals surface area contributed by atoms with Crippen LogP contribution in [-0.2, 0) is 0 Å². The maximum absolute atomic E-state index is 13.9. The zero-order chi connectivity index (χ0) is 12.1. The minimum absolute atomic E-state index is 0.0653. The summed E-state index contributed by atoms with van der Waals surface area (Å²) >= 11 is 0. The monoisotopic (exact) mass is 236 g/mol. The molecule has 1 aromatic rings. The summed E-state index contributed by atoms with van der Waals surface area (Å²) in [5.74, 6) is -0.0653. The van der Waals surface area contributed by atoms with Gasteiger partial charge in [-0.25, -0.2) is 4.39 Å². The van der Waals surface area contributed by atoms with Crippen molar-refractivity contribution in [3.8, 4) is 0 Å². The highest BCUT2D eigenvalue weighted by Crippen LogP contribution is 2.27. The summed E-state index contributed by atoms with van der Waals surface area (Å²) < 4.78 is 13.9. The van der Waals surface area contributed by atoms with E-state index in [9.17, 15) is 4.39 Å². The van der Waals surface area contributed by atoms with Crippen molar-refractivity contribution in [1.29, 1.82) is 0 Å². The standard InChI is InChI=1S/C14H21FN2/c1-2-5-14(17-10-8-16-9-11-17)12-6-3-4-7-13(12)15/h3-4,6-7,14,16H,2,5,8-11H2,1H3/t14-/m0/s1.